The highest BCUT2D eigenvalue weighted by Crippen LogP contribution is 2.33. The lowest BCUT2D eigenvalue weighted by atomic mass is 10.0. The molecule has 1 aliphatic rings. The summed E-state index contributed by atoms with van der Waals surface area (Å²) in [5.74, 6) is -0.319. The highest BCUT2D eigenvalue weighted by molar-refractivity contribution is 6.50. The Kier molecular flexibility index (Phi) is 3.08. The maximum absolute atomic E-state index is 12.0. The number of rotatable bonds is 1. The zero-order valence-corrected chi connectivity index (χ0v) is 12.2. The Labute approximate surface area is 132 Å². The van der Waals surface area contributed by atoms with Gasteiger partial charge >= 0.3 is 0 Å². The number of hydrogen-bond acceptors (Lipinski definition) is 4. The SMILES string of the molecule is O=C1C=CC(=O)C(=Nc2c3ccccc3nc3ccccc23)C1. The Balaban J connectivity index is 2.05. The van der Waals surface area contributed by atoms with Gasteiger partial charge in [-0.25, -0.2) is 9.98 Å². The predicted octanol–water partition coefficient (Wildman–Crippen LogP) is 3.56. The molecule has 0 fully saturated rings. The van der Waals surface area contributed by atoms with E-state index in [4.69, 9.17) is 0 Å². The number of para-hydroxylation sites is 2. The standard InChI is InChI=1S/C19H12N2O2/c22-12-9-10-18(23)17(11-12)21-19-13-5-1-3-7-15(13)20-16-8-4-2-6-14(16)19/h1-10H,11H2. The van der Waals surface area contributed by atoms with Crippen LogP contribution in [0.3, 0.4) is 0 Å². The van der Waals surface area contributed by atoms with Crippen LogP contribution >= 0.6 is 0 Å². The molecular formula is C19H12N2O2. The molecule has 3 aromatic rings. The number of carbonyl (C=O) groups is 2. The Hall–Kier alpha value is -3.14. The van der Waals surface area contributed by atoms with E-state index in [9.17, 15) is 9.59 Å². The van der Waals surface area contributed by atoms with Crippen LogP contribution < -0.4 is 0 Å². The second-order valence-corrected chi connectivity index (χ2v) is 5.39. The van der Waals surface area contributed by atoms with Crippen molar-refractivity contribution in [3.05, 3.63) is 60.7 Å². The van der Waals surface area contributed by atoms with Crippen LogP contribution in [0.1, 0.15) is 6.42 Å². The van der Waals surface area contributed by atoms with Crippen LogP contribution in [-0.2, 0) is 9.59 Å². The fourth-order valence-corrected chi connectivity index (χ4v) is 2.74. The van der Waals surface area contributed by atoms with Crippen molar-refractivity contribution in [3.8, 4) is 0 Å². The summed E-state index contributed by atoms with van der Waals surface area (Å²) in [5.41, 5.74) is 2.60. The van der Waals surface area contributed by atoms with Crippen LogP contribution in [-0.4, -0.2) is 22.3 Å². The molecule has 0 radical (unpaired) electrons. The van der Waals surface area contributed by atoms with Crippen LogP contribution in [0.2, 0.25) is 0 Å². The number of allylic oxidation sites excluding steroid dienone is 2. The number of nitrogens with zero attached hydrogens (tertiary/aromatic N) is 2. The number of hydrogen-bond donors (Lipinski definition) is 0. The summed E-state index contributed by atoms with van der Waals surface area (Å²) in [6.45, 7) is 0. The van der Waals surface area contributed by atoms with E-state index in [1.807, 2.05) is 48.5 Å². The molecule has 0 saturated carbocycles. The fourth-order valence-electron chi connectivity index (χ4n) is 2.74. The Morgan fingerprint density at radius 2 is 1.43 bits per heavy atom. The zero-order chi connectivity index (χ0) is 15.8. The summed E-state index contributed by atoms with van der Waals surface area (Å²) >= 11 is 0. The van der Waals surface area contributed by atoms with Crippen LogP contribution in [0.25, 0.3) is 21.8 Å². The first-order valence-corrected chi connectivity index (χ1v) is 7.33. The summed E-state index contributed by atoms with van der Waals surface area (Å²) in [7, 11) is 0. The monoisotopic (exact) mass is 300 g/mol. The zero-order valence-electron chi connectivity index (χ0n) is 12.2. The second-order valence-electron chi connectivity index (χ2n) is 5.39. The number of carbonyl (C=O) groups excluding carboxylic acids is 2. The molecule has 0 N–H and O–H groups in total. The van der Waals surface area contributed by atoms with Gasteiger partial charge in [-0.2, -0.15) is 0 Å². The minimum atomic E-state index is -0.213. The van der Waals surface area contributed by atoms with Gasteiger partial charge in [0.1, 0.15) is 0 Å². The highest BCUT2D eigenvalue weighted by Gasteiger charge is 2.19. The maximum atomic E-state index is 12.0. The van der Waals surface area contributed by atoms with Gasteiger partial charge in [0.05, 0.1) is 28.9 Å². The van der Waals surface area contributed by atoms with Crippen molar-refractivity contribution >= 4 is 44.8 Å². The van der Waals surface area contributed by atoms with Gasteiger partial charge in [0.2, 0.25) is 5.78 Å². The number of benzene rings is 2. The first kappa shape index (κ1) is 13.5. The molecule has 0 atom stereocenters. The van der Waals surface area contributed by atoms with Crippen molar-refractivity contribution in [3.63, 3.8) is 0 Å². The van der Waals surface area contributed by atoms with Crippen molar-refractivity contribution in [2.75, 3.05) is 0 Å². The van der Waals surface area contributed by atoms with Crippen molar-refractivity contribution in [1.82, 2.24) is 4.98 Å². The van der Waals surface area contributed by atoms with Crippen LogP contribution in [0.15, 0.2) is 65.7 Å². The maximum Gasteiger partial charge on any atom is 0.200 e. The van der Waals surface area contributed by atoms with Crippen LogP contribution in [0, 0.1) is 0 Å². The van der Waals surface area contributed by atoms with Gasteiger partial charge in [0.25, 0.3) is 0 Å². The Morgan fingerprint density at radius 1 is 0.826 bits per heavy atom. The van der Waals surface area contributed by atoms with Gasteiger partial charge in [-0.05, 0) is 24.3 Å². The van der Waals surface area contributed by atoms with Crippen molar-refractivity contribution in [2.45, 2.75) is 6.42 Å². The summed E-state index contributed by atoms with van der Waals surface area (Å²) < 4.78 is 0. The van der Waals surface area contributed by atoms with E-state index in [1.165, 1.54) is 12.2 Å². The molecule has 4 nitrogen and oxygen atoms in total. The van der Waals surface area contributed by atoms with Gasteiger partial charge in [0, 0.05) is 10.8 Å². The minimum Gasteiger partial charge on any atom is -0.294 e. The number of fused-ring (bicyclic) bond motifs is 2. The fraction of sp³-hybridized carbons (Fsp3) is 0.0526. The Morgan fingerprint density at radius 3 is 2.09 bits per heavy atom. The number of pyridine rings is 1. The molecular weight excluding hydrogens is 288 g/mol. The average Bonchev–Trinajstić information content (AvgIpc) is 2.58. The summed E-state index contributed by atoms with van der Waals surface area (Å²) in [5, 5.41) is 1.74. The van der Waals surface area contributed by atoms with Gasteiger partial charge < -0.3 is 0 Å². The van der Waals surface area contributed by atoms with Gasteiger partial charge in [-0.3, -0.25) is 9.59 Å². The number of aliphatic imine (C=N–C) groups is 1. The lowest BCUT2D eigenvalue weighted by Crippen LogP contribution is -2.19. The molecule has 1 aliphatic carbocycles. The minimum absolute atomic E-state index is 0.0420. The third-order valence-electron chi connectivity index (χ3n) is 3.85. The van der Waals surface area contributed by atoms with Crippen molar-refractivity contribution in [1.29, 1.82) is 0 Å². The molecule has 4 rings (SSSR count). The summed E-state index contributed by atoms with van der Waals surface area (Å²) in [6, 6.07) is 15.3. The molecule has 0 aliphatic heterocycles. The van der Waals surface area contributed by atoms with E-state index >= 15 is 0 Å². The molecule has 0 unspecified atom stereocenters. The number of ketones is 2. The van der Waals surface area contributed by atoms with Crippen molar-refractivity contribution < 1.29 is 9.59 Å². The lowest BCUT2D eigenvalue weighted by molar-refractivity contribution is -0.116. The van der Waals surface area contributed by atoms with Gasteiger partial charge in [0.15, 0.2) is 5.78 Å². The van der Waals surface area contributed by atoms with Crippen molar-refractivity contribution in [2.24, 2.45) is 4.99 Å². The third-order valence-corrected chi connectivity index (χ3v) is 3.85. The number of aromatic nitrogens is 1. The van der Waals surface area contributed by atoms with Gasteiger partial charge in [-0.15, -0.1) is 0 Å². The van der Waals surface area contributed by atoms with E-state index in [0.717, 1.165) is 21.8 Å². The largest absolute Gasteiger partial charge is 0.294 e. The van der Waals surface area contributed by atoms with Crippen LogP contribution in [0.4, 0.5) is 5.69 Å². The topological polar surface area (TPSA) is 59.4 Å². The molecule has 23 heavy (non-hydrogen) atoms. The average molecular weight is 300 g/mol. The molecule has 1 heterocycles. The molecule has 0 spiro atoms. The first-order chi connectivity index (χ1) is 11.2. The summed E-state index contributed by atoms with van der Waals surface area (Å²) in [6.07, 6.45) is 2.64. The van der Waals surface area contributed by atoms with Crippen LogP contribution in [0.5, 0.6) is 0 Å². The highest BCUT2D eigenvalue weighted by atomic mass is 16.1. The van der Waals surface area contributed by atoms with E-state index in [1.54, 1.807) is 0 Å². The third kappa shape index (κ3) is 2.34. The van der Waals surface area contributed by atoms with Gasteiger partial charge in [-0.1, -0.05) is 36.4 Å². The first-order valence-electron chi connectivity index (χ1n) is 7.33. The van der Waals surface area contributed by atoms with E-state index in [-0.39, 0.29) is 23.7 Å². The normalized spacial score (nSPS) is 16.6. The molecule has 0 bridgehead atoms. The van der Waals surface area contributed by atoms with E-state index in [2.05, 4.69) is 9.98 Å². The molecule has 0 amide bonds. The molecule has 4 heteroatoms. The predicted molar refractivity (Wildman–Crippen MR) is 90.1 cm³/mol. The molecule has 1 aromatic heterocycles. The quantitative estimate of drug-likeness (QED) is 0.646. The van der Waals surface area contributed by atoms with E-state index in [0.29, 0.717) is 5.69 Å². The molecule has 110 valence electrons. The second kappa shape index (κ2) is 5.25. The summed E-state index contributed by atoms with van der Waals surface area (Å²) in [4.78, 5) is 32.8. The smallest absolute Gasteiger partial charge is 0.200 e. The molecule has 2 aromatic carbocycles. The lowest BCUT2D eigenvalue weighted by Gasteiger charge is -2.10. The molecule has 0 saturated heterocycles. The van der Waals surface area contributed by atoms with E-state index < -0.39 is 0 Å². The Bertz CT molecular complexity index is 978.